The molecule has 1 aliphatic carbocycles. The molecule has 0 aromatic heterocycles. The number of carbonyl (C=O) groups is 3. The summed E-state index contributed by atoms with van der Waals surface area (Å²) in [4.78, 5) is 43.1. The molecule has 2 aliphatic rings. The molecule has 0 bridgehead atoms. The first kappa shape index (κ1) is 30.1. The van der Waals surface area contributed by atoms with Crippen LogP contribution in [0.2, 0.25) is 0 Å². The van der Waals surface area contributed by atoms with E-state index in [-0.39, 0.29) is 18.4 Å². The van der Waals surface area contributed by atoms with E-state index in [2.05, 4.69) is 5.32 Å². The van der Waals surface area contributed by atoms with Crippen LogP contribution in [-0.4, -0.2) is 17.7 Å². The van der Waals surface area contributed by atoms with Crippen LogP contribution in [0, 0.1) is 17.8 Å². The summed E-state index contributed by atoms with van der Waals surface area (Å²) < 4.78 is 6.08. The number of carbonyl (C=O) groups excluding carboxylic acids is 3. The second kappa shape index (κ2) is 13.4. The Morgan fingerprint density at radius 3 is 2.29 bits per heavy atom. The van der Waals surface area contributed by atoms with Gasteiger partial charge in [-0.1, -0.05) is 99.0 Å². The van der Waals surface area contributed by atoms with Crippen LogP contribution in [0.4, 0.5) is 5.69 Å². The lowest BCUT2D eigenvalue weighted by molar-refractivity contribution is -0.136. The number of nitrogens with two attached hydrogens (primary N) is 1. The number of para-hydroxylation sites is 2. The molecule has 0 radical (unpaired) electrons. The fourth-order valence-electron chi connectivity index (χ4n) is 6.42. The third-order valence-electron chi connectivity index (χ3n) is 8.85. The van der Waals surface area contributed by atoms with Gasteiger partial charge >= 0.3 is 0 Å². The van der Waals surface area contributed by atoms with Gasteiger partial charge in [0.1, 0.15) is 17.5 Å². The largest absolute Gasteiger partial charge is 0.457 e. The minimum Gasteiger partial charge on any atom is -0.457 e. The molecule has 230 valence electrons. The van der Waals surface area contributed by atoms with Crippen molar-refractivity contribution in [3.8, 4) is 22.6 Å². The minimum atomic E-state index is -0.943. The molecule has 0 saturated heterocycles. The fraction of sp³-hybridized carbons (Fsp3) is 0.289. The van der Waals surface area contributed by atoms with E-state index in [1.54, 1.807) is 4.90 Å². The number of ether oxygens (including phenoxy) is 1. The van der Waals surface area contributed by atoms with Gasteiger partial charge in [0.2, 0.25) is 11.8 Å². The van der Waals surface area contributed by atoms with Gasteiger partial charge < -0.3 is 20.7 Å². The smallest absolute Gasteiger partial charge is 0.254 e. The predicted octanol–water partition coefficient (Wildman–Crippen LogP) is 7.17. The normalized spacial score (nSPS) is 17.0. The summed E-state index contributed by atoms with van der Waals surface area (Å²) in [6.45, 7) is 2.26. The molecule has 1 aliphatic heterocycles. The Morgan fingerprint density at radius 1 is 0.867 bits per heavy atom. The van der Waals surface area contributed by atoms with Crippen LogP contribution in [0.5, 0.6) is 11.5 Å². The van der Waals surface area contributed by atoms with E-state index in [1.807, 2.05) is 110 Å². The molecule has 1 heterocycles. The summed E-state index contributed by atoms with van der Waals surface area (Å²) in [6, 6.07) is 31.9. The maximum absolute atomic E-state index is 14.7. The highest BCUT2D eigenvalue weighted by atomic mass is 16.5. The van der Waals surface area contributed by atoms with Crippen molar-refractivity contribution in [3.63, 3.8) is 0 Å². The van der Waals surface area contributed by atoms with Crippen LogP contribution in [0.25, 0.3) is 11.1 Å². The summed E-state index contributed by atoms with van der Waals surface area (Å²) >= 11 is 0. The van der Waals surface area contributed by atoms with Gasteiger partial charge in [-0.25, -0.2) is 0 Å². The topological polar surface area (TPSA) is 102 Å². The highest BCUT2D eigenvalue weighted by Gasteiger charge is 2.40. The molecule has 6 rings (SSSR count). The lowest BCUT2D eigenvalue weighted by Gasteiger charge is -2.29. The lowest BCUT2D eigenvalue weighted by Crippen LogP contribution is -2.46. The van der Waals surface area contributed by atoms with Gasteiger partial charge in [0.05, 0.1) is 12.2 Å². The van der Waals surface area contributed by atoms with Crippen molar-refractivity contribution in [2.75, 3.05) is 4.90 Å². The molecule has 4 aromatic rings. The number of hydrogen-bond acceptors (Lipinski definition) is 4. The molecule has 0 spiro atoms. The summed E-state index contributed by atoms with van der Waals surface area (Å²) in [5.41, 5.74) is 10.00. The number of amides is 3. The second-order valence-corrected chi connectivity index (χ2v) is 12.1. The fourth-order valence-corrected chi connectivity index (χ4v) is 6.42. The first-order chi connectivity index (χ1) is 21.9. The average molecular weight is 602 g/mol. The van der Waals surface area contributed by atoms with E-state index in [1.165, 1.54) is 0 Å². The third kappa shape index (κ3) is 6.78. The van der Waals surface area contributed by atoms with Crippen LogP contribution in [0.3, 0.4) is 0 Å². The Bertz CT molecular complexity index is 1680. The highest BCUT2D eigenvalue weighted by Crippen LogP contribution is 2.42. The number of rotatable bonds is 12. The van der Waals surface area contributed by atoms with Gasteiger partial charge in [-0.2, -0.15) is 0 Å². The van der Waals surface area contributed by atoms with Gasteiger partial charge in [-0.05, 0) is 65.8 Å². The van der Waals surface area contributed by atoms with Gasteiger partial charge in [0.15, 0.2) is 0 Å². The highest BCUT2D eigenvalue weighted by molar-refractivity contribution is 6.06. The van der Waals surface area contributed by atoms with Crippen LogP contribution in [-0.2, 0) is 20.9 Å². The van der Waals surface area contributed by atoms with Gasteiger partial charge in [0.25, 0.3) is 5.91 Å². The van der Waals surface area contributed by atoms with Crippen molar-refractivity contribution in [2.45, 2.75) is 51.6 Å². The van der Waals surface area contributed by atoms with Gasteiger partial charge in [0, 0.05) is 17.4 Å². The Balaban J connectivity index is 1.35. The van der Waals surface area contributed by atoms with Crippen molar-refractivity contribution in [3.05, 3.63) is 114 Å². The molecule has 4 aromatic carbocycles. The van der Waals surface area contributed by atoms with Crippen LogP contribution < -0.4 is 20.7 Å². The van der Waals surface area contributed by atoms with Gasteiger partial charge in [-0.3, -0.25) is 14.4 Å². The number of hydrogen-bond donors (Lipinski definition) is 2. The second-order valence-electron chi connectivity index (χ2n) is 12.1. The Labute approximate surface area is 264 Å². The van der Waals surface area contributed by atoms with Crippen molar-refractivity contribution >= 4 is 23.4 Å². The summed E-state index contributed by atoms with van der Waals surface area (Å²) in [5, 5.41) is 3.12. The molecule has 3 atom stereocenters. The predicted molar refractivity (Wildman–Crippen MR) is 175 cm³/mol. The zero-order valence-electron chi connectivity index (χ0n) is 25.5. The van der Waals surface area contributed by atoms with E-state index in [4.69, 9.17) is 10.5 Å². The van der Waals surface area contributed by atoms with Crippen LogP contribution >= 0.6 is 0 Å². The SMILES string of the molecule is CCCC(C(N)=O)C(CC1CC1)C(=O)NC1C(=O)N(Cc2cccc(Oc3ccccc3)c2)c2ccccc2-c2ccccc21. The maximum atomic E-state index is 14.7. The van der Waals surface area contributed by atoms with E-state index in [0.29, 0.717) is 24.5 Å². The number of benzene rings is 4. The van der Waals surface area contributed by atoms with E-state index >= 15 is 0 Å². The summed E-state index contributed by atoms with van der Waals surface area (Å²) in [5.74, 6) is -0.364. The zero-order valence-corrected chi connectivity index (χ0v) is 25.5. The first-order valence-corrected chi connectivity index (χ1v) is 15.8. The number of anilines is 1. The van der Waals surface area contributed by atoms with Crippen molar-refractivity contribution in [2.24, 2.45) is 23.5 Å². The molecule has 7 heteroatoms. The molecule has 3 N–H and O–H groups in total. The van der Waals surface area contributed by atoms with E-state index < -0.39 is 23.8 Å². The molecule has 45 heavy (non-hydrogen) atoms. The Kier molecular flexibility index (Phi) is 8.96. The number of primary amides is 1. The molecular weight excluding hydrogens is 562 g/mol. The summed E-state index contributed by atoms with van der Waals surface area (Å²) in [6.07, 6.45) is 3.96. The van der Waals surface area contributed by atoms with Crippen LogP contribution in [0.1, 0.15) is 56.2 Å². The van der Waals surface area contributed by atoms with Gasteiger partial charge in [-0.15, -0.1) is 0 Å². The zero-order chi connectivity index (χ0) is 31.3. The summed E-state index contributed by atoms with van der Waals surface area (Å²) in [7, 11) is 0. The third-order valence-corrected chi connectivity index (χ3v) is 8.85. The number of nitrogens with one attached hydrogen (secondary N) is 1. The Hall–Kier alpha value is -4.91. The molecular formula is C38H39N3O4. The van der Waals surface area contributed by atoms with Crippen molar-refractivity contribution in [1.29, 1.82) is 0 Å². The minimum absolute atomic E-state index is 0.244. The Morgan fingerprint density at radius 2 is 1.56 bits per heavy atom. The monoisotopic (exact) mass is 601 g/mol. The molecule has 3 unspecified atom stereocenters. The number of fused-ring (bicyclic) bond motifs is 3. The lowest BCUT2D eigenvalue weighted by atomic mass is 9.83. The molecule has 1 fully saturated rings. The standard InChI is InChI=1S/C38H39N3O4/c1-2-11-32(36(39)42)33(23-25-20-21-25)37(43)40-35-31-18-7-6-16-29(31)30-17-8-9-19-34(30)41(38(35)44)24-26-12-10-15-28(22-26)45-27-13-4-3-5-14-27/h3-10,12-19,22,25,32-33,35H,2,11,20-21,23-24H2,1H3,(H2,39,42)(H,40,43). The van der Waals surface area contributed by atoms with E-state index in [9.17, 15) is 14.4 Å². The number of nitrogens with zero attached hydrogens (tertiary/aromatic N) is 1. The van der Waals surface area contributed by atoms with Crippen molar-refractivity contribution < 1.29 is 19.1 Å². The quantitative estimate of drug-likeness (QED) is 0.180. The molecule has 3 amide bonds. The first-order valence-electron chi connectivity index (χ1n) is 15.8. The van der Waals surface area contributed by atoms with Crippen molar-refractivity contribution in [1.82, 2.24) is 5.32 Å². The van der Waals surface area contributed by atoms with E-state index in [0.717, 1.165) is 53.0 Å². The molecule has 7 nitrogen and oxygen atoms in total. The maximum Gasteiger partial charge on any atom is 0.254 e. The van der Waals surface area contributed by atoms with Crippen LogP contribution in [0.15, 0.2) is 103 Å². The average Bonchev–Trinajstić information content (AvgIpc) is 3.89. The molecule has 1 saturated carbocycles.